The summed E-state index contributed by atoms with van der Waals surface area (Å²) in [4.78, 5) is 20.4. The average molecular weight is 903 g/mol. The molecule has 1 heterocycles. The molecule has 0 aromatic carbocycles. The van der Waals surface area contributed by atoms with Crippen molar-refractivity contribution in [1.82, 2.24) is 4.90 Å². The molecule has 1 N–H and O–H groups in total. The second-order valence-electron chi connectivity index (χ2n) is 9.48. The fourth-order valence-electron chi connectivity index (χ4n) is 2.52. The van der Waals surface area contributed by atoms with E-state index in [1.165, 1.54) is 0 Å². The van der Waals surface area contributed by atoms with Gasteiger partial charge in [-0.05, 0) is 109 Å². The van der Waals surface area contributed by atoms with Crippen molar-refractivity contribution < 1.29 is 24.2 Å². The number of esters is 1. The minimum atomic E-state index is -0.174. The summed E-state index contributed by atoms with van der Waals surface area (Å²) in [5.41, 5.74) is 0. The molecule has 0 unspecified atom stereocenters. The quantitative estimate of drug-likeness (QED) is 0.242. The van der Waals surface area contributed by atoms with E-state index in [9.17, 15) is 4.79 Å². The Hall–Kier alpha value is -13.9. The van der Waals surface area contributed by atoms with Crippen LogP contribution in [-0.2, 0) is 19.1 Å². The van der Waals surface area contributed by atoms with Gasteiger partial charge >= 0.3 is 5.97 Å². The van der Waals surface area contributed by atoms with Gasteiger partial charge in [-0.15, -0.1) is 0 Å². The Morgan fingerprint density at radius 3 is 0.597 bits per heavy atom. The molecule has 0 amide bonds. The van der Waals surface area contributed by atoms with Crippen molar-refractivity contribution in [3.63, 3.8) is 0 Å². The van der Waals surface area contributed by atoms with Gasteiger partial charge in [0.2, 0.25) is 0 Å². The maximum absolute atomic E-state index is 10.4. The average Bonchev–Trinajstić information content (AvgIpc) is 3.80. The van der Waals surface area contributed by atoms with E-state index in [2.05, 4.69) is 348 Å². The van der Waals surface area contributed by atoms with Crippen molar-refractivity contribution in [3.05, 3.63) is 0 Å². The largest absolute Gasteiger partial charge is 0.665 e. The highest BCUT2D eigenvalue weighted by molar-refractivity contribution is 5.73. The van der Waals surface area contributed by atoms with Gasteiger partial charge < -0.3 is 19.4 Å². The molecule has 6 nitrogen and oxygen atoms in total. The molecular formula is C66H16NO5-. The van der Waals surface area contributed by atoms with Gasteiger partial charge in [-0.25, -0.2) is 4.90 Å². The van der Waals surface area contributed by atoms with Crippen LogP contribution in [0.3, 0.4) is 0 Å². The van der Waals surface area contributed by atoms with Crippen LogP contribution in [0.4, 0.5) is 0 Å². The van der Waals surface area contributed by atoms with E-state index in [0.717, 1.165) is 0 Å². The number of hydrogen-bond acceptors (Lipinski definition) is 5. The maximum atomic E-state index is 10.4. The van der Waals surface area contributed by atoms with E-state index in [0.29, 0.717) is 26.5 Å². The van der Waals surface area contributed by atoms with E-state index in [1.807, 2.05) is 0 Å². The van der Waals surface area contributed by atoms with Crippen molar-refractivity contribution in [2.45, 2.75) is 13.8 Å². The number of aliphatic hydroxyl groups excluding tert-OH is 1. The van der Waals surface area contributed by atoms with Gasteiger partial charge in [0, 0.05) is 244 Å². The Balaban J connectivity index is 0. The van der Waals surface area contributed by atoms with Crippen molar-refractivity contribution >= 4 is 12.4 Å². The van der Waals surface area contributed by atoms with E-state index in [-0.39, 0.29) is 5.97 Å². The van der Waals surface area contributed by atoms with Gasteiger partial charge in [0.15, 0.2) is 0 Å². The zero-order valence-electron chi connectivity index (χ0n) is 37.6. The summed E-state index contributed by atoms with van der Waals surface area (Å²) in [6.07, 6.45) is 0. The molecule has 1 aliphatic heterocycles. The molecule has 0 atom stereocenters. The highest BCUT2D eigenvalue weighted by Gasteiger charge is 2.19. The van der Waals surface area contributed by atoms with Crippen LogP contribution in [0.25, 0.3) is 0 Å². The number of rotatable bonds is 2. The molecule has 1 fully saturated rings. The lowest BCUT2D eigenvalue weighted by molar-refractivity contribution is -0.136. The third kappa shape index (κ3) is 56.1. The molecule has 0 radical (unpaired) electrons. The highest BCUT2D eigenvalue weighted by atomic mass is 16.6. The fraction of sp³-hybridized carbons (Fsp3) is 0.0909. The molecule has 1 aliphatic rings. The topological polar surface area (TPSA) is 76.1 Å². The van der Waals surface area contributed by atoms with Crippen LogP contribution in [0.2, 0.25) is 0 Å². The first-order chi connectivity index (χ1) is 35.7. The summed E-state index contributed by atoms with van der Waals surface area (Å²) >= 11 is 0. The van der Waals surface area contributed by atoms with Gasteiger partial charge in [0.1, 0.15) is 20.0 Å². The summed E-state index contributed by atoms with van der Waals surface area (Å²) in [7, 11) is 1.59. The van der Waals surface area contributed by atoms with Gasteiger partial charge in [0.05, 0.1) is 0 Å². The number of ether oxygens (including phenoxy) is 2. The van der Waals surface area contributed by atoms with E-state index < -0.39 is 0 Å². The Morgan fingerprint density at radius 2 is 0.500 bits per heavy atom. The number of carbonyl (C=O) groups excluding carboxylic acids is 1. The molecule has 6 heteroatoms. The molecule has 0 spiro atoms. The standard InChI is InChI=1S/C60H6.C5H9NO3.CHO2/c1-3-5-7-9-11-13-15-17-19-21-23-25-27-29-31-33-35-37-39-41-43-45-47-49-51-53-55-57-59-60-58-56-54-52-50-48-46-44-42-40-38-36-34-32-30-28-26-24-22-20-18-16-14-12-10-8-6-4-2;1-8-3-6-2-5(7)9-4-6;2-1-3/h1-2H3;2-4H2,1H3;(H,2,3)/q;;-1. The molecule has 0 bridgehead atoms. The van der Waals surface area contributed by atoms with Gasteiger partial charge in [0.25, 0.3) is 0 Å². The first-order valence-corrected chi connectivity index (χ1v) is 18.4. The molecular weight excluding hydrogens is 887 g/mol. The molecule has 72 heavy (non-hydrogen) atoms. The number of cyclic esters (lactones) is 1. The molecule has 316 valence electrons. The zero-order chi connectivity index (χ0) is 52.4. The Morgan fingerprint density at radius 1 is 0.361 bits per heavy atom. The molecule has 0 aromatic heterocycles. The minimum Gasteiger partial charge on any atom is -0.665 e. The van der Waals surface area contributed by atoms with Gasteiger partial charge in [-0.2, -0.15) is 0 Å². The van der Waals surface area contributed by atoms with Crippen LogP contribution in [-0.4, -0.2) is 49.6 Å². The molecule has 1 rings (SSSR count). The maximum Gasteiger partial charge on any atom is 0.321 e. The van der Waals surface area contributed by atoms with Crippen molar-refractivity contribution in [2.75, 3.05) is 27.1 Å². The van der Waals surface area contributed by atoms with Crippen LogP contribution in [0.5, 0.6) is 0 Å². The zero-order valence-corrected chi connectivity index (χ0v) is 37.6. The van der Waals surface area contributed by atoms with Crippen molar-refractivity contribution in [1.29, 1.82) is 0 Å². The summed E-state index contributed by atoms with van der Waals surface area (Å²) < 4.78 is 9.39. The lowest BCUT2D eigenvalue weighted by Crippen LogP contribution is -2.22. The van der Waals surface area contributed by atoms with Crippen LogP contribution < -0.4 is 0 Å². The summed E-state index contributed by atoms with van der Waals surface area (Å²) in [5.74, 6) is 145. The Kier molecular flexibility index (Phi) is 47.7. The first-order valence-electron chi connectivity index (χ1n) is 18.4. The molecule has 0 aromatic rings. The van der Waals surface area contributed by atoms with Crippen LogP contribution in [0.1, 0.15) is 13.8 Å². The van der Waals surface area contributed by atoms with Crippen molar-refractivity contribution in [2.24, 2.45) is 0 Å². The van der Waals surface area contributed by atoms with Crippen LogP contribution in [0.15, 0.2) is 0 Å². The third-order valence-corrected chi connectivity index (χ3v) is 4.76. The highest BCUT2D eigenvalue weighted by Crippen LogP contribution is 1.98. The monoisotopic (exact) mass is 902 g/mol. The molecule has 1 saturated heterocycles. The predicted octanol–water partition coefficient (Wildman–Crippen LogP) is 0.143. The normalized spacial score (nSPS) is 6.01. The number of nitrogens with zero attached hydrogens (tertiary/aromatic N) is 1. The van der Waals surface area contributed by atoms with E-state index in [4.69, 9.17) is 14.6 Å². The molecule has 0 aliphatic carbocycles. The second kappa shape index (κ2) is 57.1. The molecule has 0 saturated carbocycles. The summed E-state index contributed by atoms with van der Waals surface area (Å²) in [5, 5.41) is 6.76. The van der Waals surface area contributed by atoms with Crippen LogP contribution >= 0.6 is 0 Å². The predicted molar refractivity (Wildman–Crippen MR) is 275 cm³/mol. The van der Waals surface area contributed by atoms with Crippen LogP contribution in [0, 0.1) is 343 Å². The third-order valence-electron chi connectivity index (χ3n) is 4.76. The van der Waals surface area contributed by atoms with Crippen molar-refractivity contribution in [3.8, 4) is 343 Å². The second-order valence-corrected chi connectivity index (χ2v) is 9.48. The lowest BCUT2D eigenvalue weighted by atomic mass is 10.4. The van der Waals surface area contributed by atoms with E-state index >= 15 is 0 Å². The van der Waals surface area contributed by atoms with Gasteiger partial charge in [-0.1, -0.05) is 18.3 Å². The number of carbonyl (C=O) groups is 1. The Bertz CT molecular complexity index is 3870. The first kappa shape index (κ1) is 60.2. The lowest BCUT2D eigenvalue weighted by Gasteiger charge is -2.07. The fourth-order valence-corrected chi connectivity index (χ4v) is 2.52. The number of hydrogen-bond donors (Lipinski definition) is 1. The summed E-state index contributed by atoms with van der Waals surface area (Å²) in [6, 6.07) is 0. The number of methoxy groups -OCH3 is 1. The van der Waals surface area contributed by atoms with E-state index in [1.54, 1.807) is 25.9 Å². The summed E-state index contributed by atoms with van der Waals surface area (Å²) in [6.45, 7) is 5.06. The minimum absolute atomic E-state index is 0.174. The SMILES string of the molecule is CC#CC#CC#CC#CC#CC#CC#CC#CC#CC#CC#CC#CC#CC#CC#CC#CC#CC#CC#CC#CC#CC#CC#CC#CC#CC#CC#CC#CC#CC.COCN1COC(=O)C1.O=[C-]O. The smallest absolute Gasteiger partial charge is 0.321 e. The Labute approximate surface area is 424 Å². The van der Waals surface area contributed by atoms with Gasteiger partial charge in [-0.3, -0.25) is 4.79 Å².